The first-order valence-corrected chi connectivity index (χ1v) is 5.24. The van der Waals surface area contributed by atoms with E-state index in [0.29, 0.717) is 6.54 Å². The van der Waals surface area contributed by atoms with E-state index in [1.165, 1.54) is 0 Å². The number of hydrogen-bond donors (Lipinski definition) is 2. The molecule has 2 N–H and O–H groups in total. The predicted octanol–water partition coefficient (Wildman–Crippen LogP) is 1.18. The first kappa shape index (κ1) is 10.5. The average molecular weight is 207 g/mol. The van der Waals surface area contributed by atoms with Gasteiger partial charge in [-0.1, -0.05) is 6.07 Å². The van der Waals surface area contributed by atoms with Crippen LogP contribution >= 0.6 is 0 Å². The van der Waals surface area contributed by atoms with Crippen LogP contribution in [0.2, 0.25) is 0 Å². The smallest absolute Gasteiger partial charge is 0.121 e. The van der Waals surface area contributed by atoms with Crippen LogP contribution in [0, 0.1) is 6.92 Å². The first-order valence-electron chi connectivity index (χ1n) is 5.24. The van der Waals surface area contributed by atoms with Gasteiger partial charge in [0.05, 0.1) is 7.11 Å². The molecule has 0 aliphatic carbocycles. The number of benzene rings is 1. The van der Waals surface area contributed by atoms with Crippen molar-refractivity contribution in [2.24, 2.45) is 0 Å². The summed E-state index contributed by atoms with van der Waals surface area (Å²) in [7, 11) is 1.66. The lowest BCUT2D eigenvalue weighted by molar-refractivity contribution is 0.0586. The molecule has 0 amide bonds. The molecule has 15 heavy (non-hydrogen) atoms. The topological polar surface area (TPSA) is 41.5 Å². The Hall–Kier alpha value is -1.06. The maximum Gasteiger partial charge on any atom is 0.121 e. The molecule has 0 spiro atoms. The van der Waals surface area contributed by atoms with Crippen LogP contribution in [0.3, 0.4) is 0 Å². The SMILES string of the molecule is COc1ccc(C2(O)CCNC2)cc1C. The van der Waals surface area contributed by atoms with Crippen molar-refractivity contribution in [3.05, 3.63) is 29.3 Å². The van der Waals surface area contributed by atoms with Gasteiger partial charge >= 0.3 is 0 Å². The number of methoxy groups -OCH3 is 1. The Morgan fingerprint density at radius 3 is 2.80 bits per heavy atom. The standard InChI is InChI=1S/C12H17NO2/c1-9-7-10(3-4-11(9)15-2)12(14)5-6-13-8-12/h3-4,7,13-14H,5-6,8H2,1-2H3. The average Bonchev–Trinajstić information content (AvgIpc) is 2.66. The van der Waals surface area contributed by atoms with Gasteiger partial charge in [-0.05, 0) is 43.1 Å². The number of β-amino-alcohol motifs (C(OH)–C–C–N with tert-alkyl or cyclic N) is 1. The summed E-state index contributed by atoms with van der Waals surface area (Å²) in [6.07, 6.45) is 0.777. The molecular weight excluding hydrogens is 190 g/mol. The number of rotatable bonds is 2. The van der Waals surface area contributed by atoms with Crippen molar-refractivity contribution in [2.45, 2.75) is 18.9 Å². The Labute approximate surface area is 90.1 Å². The minimum Gasteiger partial charge on any atom is -0.496 e. The van der Waals surface area contributed by atoms with E-state index >= 15 is 0 Å². The fourth-order valence-electron chi connectivity index (χ4n) is 2.09. The van der Waals surface area contributed by atoms with Crippen LogP contribution < -0.4 is 10.1 Å². The molecule has 0 aromatic heterocycles. The van der Waals surface area contributed by atoms with Gasteiger partial charge in [-0.3, -0.25) is 0 Å². The number of aliphatic hydroxyl groups is 1. The highest BCUT2D eigenvalue weighted by Gasteiger charge is 2.33. The lowest BCUT2D eigenvalue weighted by Crippen LogP contribution is -2.28. The Bertz CT molecular complexity index is 357. The van der Waals surface area contributed by atoms with Crippen molar-refractivity contribution in [2.75, 3.05) is 20.2 Å². The zero-order valence-corrected chi connectivity index (χ0v) is 9.21. The summed E-state index contributed by atoms with van der Waals surface area (Å²) in [4.78, 5) is 0. The molecule has 1 atom stereocenters. The number of ether oxygens (including phenoxy) is 1. The van der Waals surface area contributed by atoms with Gasteiger partial charge in [0, 0.05) is 6.54 Å². The van der Waals surface area contributed by atoms with Gasteiger partial charge in [0.1, 0.15) is 11.4 Å². The normalized spacial score (nSPS) is 25.5. The Balaban J connectivity index is 2.33. The molecule has 1 aromatic carbocycles. The van der Waals surface area contributed by atoms with Crippen LogP contribution in [0.15, 0.2) is 18.2 Å². The minimum atomic E-state index is -0.697. The molecule has 1 aromatic rings. The molecular formula is C12H17NO2. The van der Waals surface area contributed by atoms with Crippen molar-refractivity contribution < 1.29 is 9.84 Å². The van der Waals surface area contributed by atoms with Gasteiger partial charge in [-0.15, -0.1) is 0 Å². The number of aryl methyl sites for hydroxylation is 1. The van der Waals surface area contributed by atoms with Gasteiger partial charge in [-0.25, -0.2) is 0 Å². The summed E-state index contributed by atoms with van der Waals surface area (Å²) in [6, 6.07) is 5.87. The maximum atomic E-state index is 10.3. The van der Waals surface area contributed by atoms with E-state index in [0.717, 1.165) is 29.8 Å². The van der Waals surface area contributed by atoms with Crippen LogP contribution in [0.1, 0.15) is 17.5 Å². The van der Waals surface area contributed by atoms with Crippen molar-refractivity contribution in [1.82, 2.24) is 5.32 Å². The van der Waals surface area contributed by atoms with Gasteiger partial charge in [0.2, 0.25) is 0 Å². The monoisotopic (exact) mass is 207 g/mol. The second-order valence-corrected chi connectivity index (χ2v) is 4.14. The molecule has 3 heteroatoms. The molecule has 1 saturated heterocycles. The summed E-state index contributed by atoms with van der Waals surface area (Å²) < 4.78 is 5.20. The van der Waals surface area contributed by atoms with E-state index in [1.54, 1.807) is 7.11 Å². The summed E-state index contributed by atoms with van der Waals surface area (Å²) >= 11 is 0. The number of nitrogens with one attached hydrogen (secondary N) is 1. The minimum absolute atomic E-state index is 0.638. The van der Waals surface area contributed by atoms with Crippen molar-refractivity contribution >= 4 is 0 Å². The molecule has 2 rings (SSSR count). The quantitative estimate of drug-likeness (QED) is 0.765. The Morgan fingerprint density at radius 1 is 1.47 bits per heavy atom. The van der Waals surface area contributed by atoms with E-state index in [1.807, 2.05) is 25.1 Å². The molecule has 1 aliphatic heterocycles. The third-order valence-corrected chi connectivity index (χ3v) is 3.06. The van der Waals surface area contributed by atoms with Gasteiger partial charge in [0.25, 0.3) is 0 Å². The molecule has 1 heterocycles. The highest BCUT2D eigenvalue weighted by Crippen LogP contribution is 2.30. The summed E-state index contributed by atoms with van der Waals surface area (Å²) in [5.41, 5.74) is 1.35. The lowest BCUT2D eigenvalue weighted by atomic mass is 9.92. The predicted molar refractivity (Wildman–Crippen MR) is 59.1 cm³/mol. The molecule has 0 bridgehead atoms. The van der Waals surface area contributed by atoms with Crippen molar-refractivity contribution in [3.8, 4) is 5.75 Å². The highest BCUT2D eigenvalue weighted by molar-refractivity contribution is 5.39. The molecule has 0 radical (unpaired) electrons. The van der Waals surface area contributed by atoms with Crippen LogP contribution in [-0.4, -0.2) is 25.3 Å². The van der Waals surface area contributed by atoms with Gasteiger partial charge in [-0.2, -0.15) is 0 Å². The maximum absolute atomic E-state index is 10.3. The fourth-order valence-corrected chi connectivity index (χ4v) is 2.09. The largest absolute Gasteiger partial charge is 0.496 e. The molecule has 82 valence electrons. The van der Waals surface area contributed by atoms with E-state index in [-0.39, 0.29) is 0 Å². The second-order valence-electron chi connectivity index (χ2n) is 4.14. The van der Waals surface area contributed by atoms with E-state index in [9.17, 15) is 5.11 Å². The molecule has 1 unspecified atom stereocenters. The molecule has 0 saturated carbocycles. The third-order valence-electron chi connectivity index (χ3n) is 3.06. The van der Waals surface area contributed by atoms with E-state index in [2.05, 4.69) is 5.32 Å². The van der Waals surface area contributed by atoms with Crippen molar-refractivity contribution in [3.63, 3.8) is 0 Å². The second kappa shape index (κ2) is 3.83. The van der Waals surface area contributed by atoms with Crippen molar-refractivity contribution in [1.29, 1.82) is 0 Å². The fraction of sp³-hybridized carbons (Fsp3) is 0.500. The van der Waals surface area contributed by atoms with Crippen LogP contribution in [0.4, 0.5) is 0 Å². The molecule has 1 aliphatic rings. The Kier molecular flexibility index (Phi) is 2.67. The lowest BCUT2D eigenvalue weighted by Gasteiger charge is -2.22. The van der Waals surface area contributed by atoms with Crippen LogP contribution in [-0.2, 0) is 5.60 Å². The summed E-state index contributed by atoms with van der Waals surface area (Å²) in [5, 5.41) is 13.5. The third kappa shape index (κ3) is 1.85. The summed E-state index contributed by atoms with van der Waals surface area (Å²) in [6.45, 7) is 3.51. The van der Waals surface area contributed by atoms with Crippen LogP contribution in [0.25, 0.3) is 0 Å². The zero-order valence-electron chi connectivity index (χ0n) is 9.21. The zero-order chi connectivity index (χ0) is 10.9. The van der Waals surface area contributed by atoms with Crippen LogP contribution in [0.5, 0.6) is 5.75 Å². The van der Waals surface area contributed by atoms with E-state index in [4.69, 9.17) is 4.74 Å². The summed E-state index contributed by atoms with van der Waals surface area (Å²) in [5.74, 6) is 0.869. The first-order chi connectivity index (χ1) is 7.15. The van der Waals surface area contributed by atoms with E-state index < -0.39 is 5.60 Å². The Morgan fingerprint density at radius 2 is 2.27 bits per heavy atom. The molecule has 1 fully saturated rings. The van der Waals surface area contributed by atoms with Gasteiger partial charge < -0.3 is 15.2 Å². The molecule has 3 nitrogen and oxygen atoms in total. The number of hydrogen-bond acceptors (Lipinski definition) is 3. The van der Waals surface area contributed by atoms with Gasteiger partial charge in [0.15, 0.2) is 0 Å². The highest BCUT2D eigenvalue weighted by atomic mass is 16.5.